The molecule has 1 radical (unpaired) electrons. The van der Waals surface area contributed by atoms with Crippen LogP contribution in [-0.4, -0.2) is 141 Å². The first-order valence-corrected chi connectivity index (χ1v) is 52.1. The van der Waals surface area contributed by atoms with Gasteiger partial charge in [-0.1, -0.05) is 256 Å². The van der Waals surface area contributed by atoms with Crippen LogP contribution in [0.3, 0.4) is 0 Å². The van der Waals surface area contributed by atoms with E-state index in [-0.39, 0.29) is 37.1 Å². The van der Waals surface area contributed by atoms with Crippen LogP contribution in [0.5, 0.6) is 5.75 Å². The molecule has 15 rings (SSSR count). The van der Waals surface area contributed by atoms with Crippen molar-refractivity contribution >= 4 is 84.5 Å². The number of aromatic nitrogens is 6. The number of rotatable bonds is 25. The number of likely N-dealkylation sites (N-methyl/N-ethyl adjacent to an activating group) is 1. The first-order valence-electron chi connectivity index (χ1n) is 45.0. The number of pyridine rings is 2. The number of aryl methyl sites for hydroxylation is 3. The van der Waals surface area contributed by atoms with E-state index < -0.39 is 21.8 Å². The summed E-state index contributed by atoms with van der Waals surface area (Å²) in [5, 5.41) is 17.1. The molecule has 2 atom stereocenters. The molecule has 17 nitrogen and oxygen atoms in total. The number of benzene rings is 11. The highest BCUT2D eigenvalue weighted by molar-refractivity contribution is 7.95. The molecule has 11 aromatic carbocycles. The Hall–Kier alpha value is -13.3. The molecule has 0 saturated carbocycles. The van der Waals surface area contributed by atoms with Crippen LogP contribution in [0.4, 0.5) is 0 Å². The number of carbonyl (C=O) groups excluding carboxylic acids is 2. The lowest BCUT2D eigenvalue weighted by Gasteiger charge is -2.28. The van der Waals surface area contributed by atoms with Crippen molar-refractivity contribution in [3.05, 3.63) is 459 Å². The number of nitrogens with zero attached hydrogens (tertiary/aromatic N) is 8. The second-order valence-corrected chi connectivity index (χ2v) is 43.5. The molecule has 0 bridgehead atoms. The molecular weight excluding hydrogens is 1750 g/mol. The third-order valence-electron chi connectivity index (χ3n) is 21.6. The van der Waals surface area contributed by atoms with Gasteiger partial charge >= 0.3 is 17.6 Å². The van der Waals surface area contributed by atoms with E-state index in [1.807, 2.05) is 146 Å². The summed E-state index contributed by atoms with van der Waals surface area (Å²) in [5.74, 6) is 0.939. The van der Waals surface area contributed by atoms with Gasteiger partial charge in [-0.3, -0.25) is 9.98 Å². The maximum atomic E-state index is 11.0. The number of carbonyl (C=O) groups is 2. The van der Waals surface area contributed by atoms with Crippen molar-refractivity contribution < 1.29 is 51.7 Å². The van der Waals surface area contributed by atoms with Crippen molar-refractivity contribution in [2.45, 2.75) is 66.1 Å². The molecule has 0 spiro atoms. The number of methoxy groups -OCH3 is 6. The Morgan fingerprint density at radius 3 is 1.16 bits per heavy atom. The van der Waals surface area contributed by atoms with Crippen LogP contribution in [0.2, 0.25) is 6.82 Å². The Labute approximate surface area is 820 Å². The summed E-state index contributed by atoms with van der Waals surface area (Å²) < 4.78 is 37.3. The van der Waals surface area contributed by atoms with Crippen LogP contribution in [0, 0.1) is 6.07 Å². The Kier molecular flexibility index (Phi) is 53.2. The molecule has 0 amide bonds. The fraction of sp³-hybridized carbons (Fsp3) is 0.233. The number of para-hydroxylation sites is 1. The summed E-state index contributed by atoms with van der Waals surface area (Å²) in [6, 6.07) is 130. The monoisotopic (exact) mass is 1890 g/mol. The zero-order valence-electron chi connectivity index (χ0n) is 82.8. The lowest BCUT2D eigenvalue weighted by Crippen LogP contribution is -2.36. The molecule has 0 fully saturated rings. The van der Waals surface area contributed by atoms with Crippen molar-refractivity contribution in [3.63, 3.8) is 0 Å². The minimum atomic E-state index is -1.53. The first-order chi connectivity index (χ1) is 65.8. The van der Waals surface area contributed by atoms with Crippen LogP contribution in [-0.2, 0) is 44.8 Å². The molecule has 4 heterocycles. The molecule has 1 N–H and O–H groups in total. The van der Waals surface area contributed by atoms with Crippen molar-refractivity contribution in [2.24, 2.45) is 26.1 Å². The average molecular weight is 1900 g/mol. The number of hydrogen-bond donors (Lipinski definition) is 1. The normalized spacial score (nSPS) is 10.8. The second kappa shape index (κ2) is 63.8. The molecule has 711 valence electrons. The molecule has 0 aliphatic heterocycles. The van der Waals surface area contributed by atoms with E-state index in [9.17, 15) is 9.59 Å². The fourth-order valence-corrected chi connectivity index (χ4v) is 25.3. The molecule has 4 aromatic heterocycles. The third kappa shape index (κ3) is 39.1. The van der Waals surface area contributed by atoms with Gasteiger partial charge in [-0.15, -0.1) is 0 Å². The zero-order chi connectivity index (χ0) is 98.7. The van der Waals surface area contributed by atoms with Gasteiger partial charge in [-0.25, -0.2) is 14.2 Å². The molecule has 2 unspecified atom stereocenters. The summed E-state index contributed by atoms with van der Waals surface area (Å²) >= 11 is 0. The second-order valence-electron chi connectivity index (χ2n) is 32.2. The molecule has 15 aromatic rings. The highest BCUT2D eigenvalue weighted by Crippen LogP contribution is 2.60. The largest absolute Gasteiger partial charge is 0.500 e. The highest BCUT2D eigenvalue weighted by atomic mass is 31.2. The Morgan fingerprint density at radius 2 is 0.847 bits per heavy atom. The Bertz CT molecular complexity index is 5520. The van der Waals surface area contributed by atoms with E-state index in [0.717, 1.165) is 30.0 Å². The van der Waals surface area contributed by atoms with Crippen molar-refractivity contribution in [2.75, 3.05) is 95.6 Å². The first kappa shape index (κ1) is 114. The number of ether oxygens (including phenoxy) is 6. The summed E-state index contributed by atoms with van der Waals surface area (Å²) in [6.07, 6.45) is 19.4. The summed E-state index contributed by atoms with van der Waals surface area (Å²) in [7, 11) is 16.0. The van der Waals surface area contributed by atoms with Crippen LogP contribution < -0.4 is 60.9 Å². The van der Waals surface area contributed by atoms with Gasteiger partial charge in [0.1, 0.15) is 74.3 Å². The number of esters is 2. The predicted octanol–water partition coefficient (Wildman–Crippen LogP) is 20.8. The maximum Gasteiger partial charge on any atom is 0.405 e. The van der Waals surface area contributed by atoms with Gasteiger partial charge in [0.05, 0.1) is 116 Å². The van der Waals surface area contributed by atoms with E-state index in [0.29, 0.717) is 11.4 Å². The predicted molar refractivity (Wildman–Crippen MR) is 582 cm³/mol. The summed E-state index contributed by atoms with van der Waals surface area (Å²) in [6.45, 7) is 21.7. The number of nitrogens with one attached hydrogen (secondary N) is 1. The van der Waals surface area contributed by atoms with Gasteiger partial charge in [0, 0.05) is 96.9 Å². The average Bonchev–Trinajstić information content (AvgIpc) is 0.807. The highest BCUT2D eigenvalue weighted by Gasteiger charge is 2.45. The maximum absolute atomic E-state index is 11.0. The van der Waals surface area contributed by atoms with Gasteiger partial charge < -0.3 is 38.3 Å². The number of aliphatic imine (C=N–C) groups is 1. The van der Waals surface area contributed by atoms with Gasteiger partial charge in [-0.2, -0.15) is 14.2 Å². The Morgan fingerprint density at radius 1 is 0.482 bits per heavy atom. The lowest BCUT2D eigenvalue weighted by atomic mass is 9.98. The van der Waals surface area contributed by atoms with Crippen LogP contribution >= 0.6 is 21.8 Å². The lowest BCUT2D eigenvalue weighted by molar-refractivity contribution is -0.674. The third-order valence-corrected chi connectivity index (χ3v) is 34.0. The van der Waals surface area contributed by atoms with E-state index in [1.54, 1.807) is 106 Å². The summed E-state index contributed by atoms with van der Waals surface area (Å²) in [5.41, 5.74) is 6.96. The van der Waals surface area contributed by atoms with E-state index in [1.165, 1.54) is 92.1 Å². The quantitative estimate of drug-likeness (QED) is 0.0145. The topological polar surface area (TPSA) is 161 Å². The molecule has 21 heteroatoms. The standard InChI is InChI=1S/C28H30P2.C19H18P.C17H20O2.C12H12N.C9H11NO.C8H10NO2.C7H9N2O2.C6H12N.C5H11NO.C4H6BN2.CH4/c1-29(25-15-7-3-8-16-25,26-17-9-4-10-18-26)23-24-30(2,27-19-11-5-12-20-27)28-21-13-6-14-22-28;1-20(17-11-5-2-6-12-17,18-13-7-3-8-14-18)19-15-9-4-10-16-19;1-18-16(14-9-5-3-6-10-14)13-17(19-2)15-11-7-4-8-12-15;1-13-9-7-12(8-10-13)11-5-3-2-4-6-11;1-10-7-8-5-3-4-6-9(8)11-2;1-9-6-4-3-5-7(9)8(10)11-2;1-9-4-3-8-5-6(9)7(10)11-2;1-5-7-6(2,3)4;1-5(7-3)4-6-2;1-5-7-4-2-3-6-7;/h3-22H,23-24H2,1-2H3;2-16H,1H3;3-12,16-17H,13H2,1-2H3;2-10H,1H3;3-7H,1-2H3;3-6H,1-2H3;3-5H,1-2H3;1-4H3;6H,1,4H2,2-3H3;2-4H,1H3;1H4/q+2;+1;;+1;;3*+1;;;. The van der Waals surface area contributed by atoms with E-state index in [4.69, 9.17) is 18.9 Å². The van der Waals surface area contributed by atoms with E-state index in [2.05, 4.69) is 353 Å². The minimum Gasteiger partial charge on any atom is -0.500 e. The zero-order valence-corrected chi connectivity index (χ0v) is 85.5. The van der Waals surface area contributed by atoms with Crippen molar-refractivity contribution in [1.29, 1.82) is 0 Å². The molecule has 137 heavy (non-hydrogen) atoms. The van der Waals surface area contributed by atoms with Crippen LogP contribution in [0.25, 0.3) is 16.0 Å². The SMILES string of the molecule is C.C=C(CNC)OC.CC#[N+]C(C)(C)C.CN=Cc1ccccc1OC.COC(=O)c1cccc[n+]1C.COC(=O)c1cncc[n+]1C.COC(CC(OC)c1ccccc1)c1ccccc1.C[B]n1cccn1.C[P+](CC[P+](C)(c1ccccc1)c1ccccc1)(c1ccccc1)c1ccccc1.C[P+](c1ccccc1)(c1ccccc1)c1ccccc1.C[n+]1ccc(-c2ccccc2)cc1. The van der Waals surface area contributed by atoms with Crippen molar-refractivity contribution in [3.8, 4) is 22.9 Å². The van der Waals surface area contributed by atoms with Gasteiger partial charge in [0.15, 0.2) is 24.8 Å². The van der Waals surface area contributed by atoms with E-state index >= 15 is 0 Å². The minimum absolute atomic E-state index is 0. The number of hydrogen-bond acceptors (Lipinski definition) is 12. The van der Waals surface area contributed by atoms with Crippen LogP contribution in [0.15, 0.2) is 431 Å². The molecule has 0 aliphatic carbocycles. The van der Waals surface area contributed by atoms with Gasteiger partial charge in [0.25, 0.3) is 24.7 Å². The smallest absolute Gasteiger partial charge is 0.405 e. The Balaban J connectivity index is 0.000000279. The molecule has 0 saturated heterocycles. The molecule has 0 aliphatic rings. The summed E-state index contributed by atoms with van der Waals surface area (Å²) in [4.78, 5) is 33.7. The van der Waals surface area contributed by atoms with Gasteiger partial charge in [-0.05, 0) is 138 Å². The molecular formula is C116H143BN9O8P3+7. The van der Waals surface area contributed by atoms with Crippen LogP contribution in [0.1, 0.15) is 91.4 Å². The fourth-order valence-electron chi connectivity index (χ4n) is 14.0. The van der Waals surface area contributed by atoms with Gasteiger partial charge in [0.2, 0.25) is 0 Å². The van der Waals surface area contributed by atoms with Crippen molar-refractivity contribution in [1.82, 2.24) is 20.0 Å².